The van der Waals surface area contributed by atoms with Gasteiger partial charge in [0.2, 0.25) is 0 Å². The molecule has 1 aromatic carbocycles. The Morgan fingerprint density at radius 3 is 2.71 bits per heavy atom. The standard InChI is InChI=1S/C16H22N4O/c1-19-8-6-12(7-9-19)20(2)16-14-10-13(21-3)4-5-15(14)17-11-18-16/h4-5,10-12H,6-9H2,1-3H3. The van der Waals surface area contributed by atoms with Gasteiger partial charge >= 0.3 is 0 Å². The van der Waals surface area contributed by atoms with Crippen LogP contribution in [0, 0.1) is 0 Å². The van der Waals surface area contributed by atoms with E-state index in [9.17, 15) is 0 Å². The van der Waals surface area contributed by atoms with E-state index in [1.54, 1.807) is 13.4 Å². The lowest BCUT2D eigenvalue weighted by molar-refractivity contribution is 0.252. The highest BCUT2D eigenvalue weighted by Crippen LogP contribution is 2.29. The van der Waals surface area contributed by atoms with E-state index in [4.69, 9.17) is 4.74 Å². The minimum atomic E-state index is 0.533. The molecule has 1 aliphatic rings. The fourth-order valence-electron chi connectivity index (χ4n) is 2.99. The van der Waals surface area contributed by atoms with Gasteiger partial charge in [0.1, 0.15) is 17.9 Å². The maximum absolute atomic E-state index is 5.34. The van der Waals surface area contributed by atoms with Crippen molar-refractivity contribution in [2.24, 2.45) is 0 Å². The molecule has 5 nitrogen and oxygen atoms in total. The molecule has 112 valence electrons. The number of piperidine rings is 1. The molecule has 1 fully saturated rings. The molecule has 2 heterocycles. The molecule has 5 heteroatoms. The molecule has 0 radical (unpaired) electrons. The first-order valence-corrected chi connectivity index (χ1v) is 7.39. The number of nitrogens with zero attached hydrogens (tertiary/aromatic N) is 4. The van der Waals surface area contributed by atoms with Crippen LogP contribution in [0.2, 0.25) is 0 Å². The Kier molecular flexibility index (Phi) is 3.92. The van der Waals surface area contributed by atoms with Gasteiger partial charge < -0.3 is 14.5 Å². The number of rotatable bonds is 3. The number of benzene rings is 1. The van der Waals surface area contributed by atoms with E-state index in [1.807, 2.05) is 18.2 Å². The zero-order chi connectivity index (χ0) is 14.8. The van der Waals surface area contributed by atoms with Gasteiger partial charge in [-0.15, -0.1) is 0 Å². The van der Waals surface area contributed by atoms with E-state index in [2.05, 4.69) is 33.9 Å². The van der Waals surface area contributed by atoms with Crippen LogP contribution in [0.3, 0.4) is 0 Å². The predicted molar refractivity (Wildman–Crippen MR) is 85.0 cm³/mol. The van der Waals surface area contributed by atoms with E-state index >= 15 is 0 Å². The molecule has 21 heavy (non-hydrogen) atoms. The van der Waals surface area contributed by atoms with Crippen molar-refractivity contribution in [2.45, 2.75) is 18.9 Å². The molecule has 0 saturated carbocycles. The van der Waals surface area contributed by atoms with Crippen molar-refractivity contribution >= 4 is 16.7 Å². The number of hydrogen-bond acceptors (Lipinski definition) is 5. The summed E-state index contributed by atoms with van der Waals surface area (Å²) in [5.74, 6) is 1.84. The van der Waals surface area contributed by atoms with Crippen molar-refractivity contribution in [2.75, 3.05) is 39.2 Å². The first-order chi connectivity index (χ1) is 10.2. The highest BCUT2D eigenvalue weighted by Gasteiger charge is 2.22. The fraction of sp³-hybridized carbons (Fsp3) is 0.500. The number of ether oxygens (including phenoxy) is 1. The molecule has 0 spiro atoms. The Hall–Kier alpha value is -1.88. The number of fused-ring (bicyclic) bond motifs is 1. The predicted octanol–water partition coefficient (Wildman–Crippen LogP) is 2.17. The molecule has 1 aromatic heterocycles. The summed E-state index contributed by atoms with van der Waals surface area (Å²) in [7, 11) is 6.00. The van der Waals surface area contributed by atoms with Crippen LogP contribution in [0.25, 0.3) is 10.9 Å². The molecule has 0 amide bonds. The number of aromatic nitrogens is 2. The maximum Gasteiger partial charge on any atom is 0.140 e. The molecule has 1 saturated heterocycles. The minimum absolute atomic E-state index is 0.533. The molecule has 0 bridgehead atoms. The van der Waals surface area contributed by atoms with Gasteiger partial charge in [-0.1, -0.05) is 0 Å². The smallest absolute Gasteiger partial charge is 0.140 e. The summed E-state index contributed by atoms with van der Waals surface area (Å²) in [5, 5.41) is 1.05. The minimum Gasteiger partial charge on any atom is -0.497 e. The highest BCUT2D eigenvalue weighted by molar-refractivity contribution is 5.90. The van der Waals surface area contributed by atoms with Gasteiger partial charge in [0.15, 0.2) is 0 Å². The Balaban J connectivity index is 1.95. The summed E-state index contributed by atoms with van der Waals surface area (Å²) >= 11 is 0. The molecule has 0 aliphatic carbocycles. The first kappa shape index (κ1) is 14.1. The van der Waals surface area contributed by atoms with Crippen molar-refractivity contribution in [1.82, 2.24) is 14.9 Å². The summed E-state index contributed by atoms with van der Waals surface area (Å²) in [5.41, 5.74) is 0.959. The Bertz CT molecular complexity index is 623. The summed E-state index contributed by atoms with van der Waals surface area (Å²) in [6, 6.07) is 6.48. The van der Waals surface area contributed by atoms with E-state index in [0.29, 0.717) is 6.04 Å². The van der Waals surface area contributed by atoms with E-state index in [0.717, 1.165) is 35.6 Å². The third-order valence-corrected chi connectivity index (χ3v) is 4.39. The fourth-order valence-corrected chi connectivity index (χ4v) is 2.99. The van der Waals surface area contributed by atoms with E-state index in [-0.39, 0.29) is 0 Å². The van der Waals surface area contributed by atoms with Gasteiger partial charge in [0, 0.05) is 18.5 Å². The lowest BCUT2D eigenvalue weighted by atomic mass is 10.0. The second kappa shape index (κ2) is 5.85. The third kappa shape index (κ3) is 2.78. The summed E-state index contributed by atoms with van der Waals surface area (Å²) in [6.45, 7) is 2.28. The lowest BCUT2D eigenvalue weighted by Crippen LogP contribution is -2.42. The number of hydrogen-bond donors (Lipinski definition) is 0. The van der Waals surface area contributed by atoms with Crippen LogP contribution >= 0.6 is 0 Å². The molecule has 0 atom stereocenters. The van der Waals surface area contributed by atoms with Crippen LogP contribution in [0.4, 0.5) is 5.82 Å². The van der Waals surface area contributed by atoms with Gasteiger partial charge in [0.05, 0.1) is 12.6 Å². The second-order valence-corrected chi connectivity index (χ2v) is 5.73. The van der Waals surface area contributed by atoms with E-state index < -0.39 is 0 Å². The molecule has 0 N–H and O–H groups in total. The highest BCUT2D eigenvalue weighted by atomic mass is 16.5. The number of methoxy groups -OCH3 is 1. The normalized spacial score (nSPS) is 17.1. The summed E-state index contributed by atoms with van der Waals surface area (Å²) < 4.78 is 5.34. The lowest BCUT2D eigenvalue weighted by Gasteiger charge is -2.36. The Morgan fingerprint density at radius 1 is 1.24 bits per heavy atom. The second-order valence-electron chi connectivity index (χ2n) is 5.73. The van der Waals surface area contributed by atoms with Crippen molar-refractivity contribution in [1.29, 1.82) is 0 Å². The van der Waals surface area contributed by atoms with Gasteiger partial charge in [-0.25, -0.2) is 9.97 Å². The van der Waals surface area contributed by atoms with Crippen LogP contribution < -0.4 is 9.64 Å². The first-order valence-electron chi connectivity index (χ1n) is 7.39. The molecule has 0 unspecified atom stereocenters. The number of anilines is 1. The average Bonchev–Trinajstić information content (AvgIpc) is 2.54. The quantitative estimate of drug-likeness (QED) is 0.865. The van der Waals surface area contributed by atoms with Crippen molar-refractivity contribution in [3.63, 3.8) is 0 Å². The molecular formula is C16H22N4O. The van der Waals surface area contributed by atoms with Gasteiger partial charge in [0.25, 0.3) is 0 Å². The van der Waals surface area contributed by atoms with E-state index in [1.165, 1.54) is 12.8 Å². The van der Waals surface area contributed by atoms with Crippen molar-refractivity contribution in [3.8, 4) is 5.75 Å². The van der Waals surface area contributed by atoms with Crippen LogP contribution in [0.15, 0.2) is 24.5 Å². The number of likely N-dealkylation sites (tertiary alicyclic amines) is 1. The Labute approximate surface area is 125 Å². The van der Waals surface area contributed by atoms with Gasteiger partial charge in [-0.2, -0.15) is 0 Å². The monoisotopic (exact) mass is 286 g/mol. The SMILES string of the molecule is COc1ccc2ncnc(N(C)C3CCN(C)CC3)c2c1. The van der Waals surface area contributed by atoms with Gasteiger partial charge in [-0.3, -0.25) is 0 Å². The summed E-state index contributed by atoms with van der Waals surface area (Å²) in [6.07, 6.45) is 3.99. The van der Waals surface area contributed by atoms with Crippen LogP contribution in [0.5, 0.6) is 5.75 Å². The molecule has 3 rings (SSSR count). The largest absolute Gasteiger partial charge is 0.497 e. The summed E-state index contributed by atoms with van der Waals surface area (Å²) in [4.78, 5) is 13.6. The molecular weight excluding hydrogens is 264 g/mol. The van der Waals surface area contributed by atoms with Crippen molar-refractivity contribution in [3.05, 3.63) is 24.5 Å². The van der Waals surface area contributed by atoms with Gasteiger partial charge in [-0.05, 0) is 51.2 Å². The zero-order valence-corrected chi connectivity index (χ0v) is 12.9. The molecule has 1 aliphatic heterocycles. The third-order valence-electron chi connectivity index (χ3n) is 4.39. The van der Waals surface area contributed by atoms with Crippen molar-refractivity contribution < 1.29 is 4.74 Å². The Morgan fingerprint density at radius 2 is 2.00 bits per heavy atom. The molecule has 2 aromatic rings. The van der Waals surface area contributed by atoms with Crippen LogP contribution in [0.1, 0.15) is 12.8 Å². The topological polar surface area (TPSA) is 41.5 Å². The zero-order valence-electron chi connectivity index (χ0n) is 12.9. The van der Waals surface area contributed by atoms with Crippen LogP contribution in [-0.2, 0) is 0 Å². The van der Waals surface area contributed by atoms with Crippen LogP contribution in [-0.4, -0.2) is 55.2 Å². The average molecular weight is 286 g/mol. The maximum atomic E-state index is 5.34.